The predicted molar refractivity (Wildman–Crippen MR) is 119 cm³/mol. The molecule has 2 aromatic carbocycles. The summed E-state index contributed by atoms with van der Waals surface area (Å²) in [6.45, 7) is 5.08. The van der Waals surface area contributed by atoms with Crippen molar-refractivity contribution < 1.29 is 14.3 Å². The Labute approximate surface area is 185 Å². The Hall–Kier alpha value is -2.06. The number of benzene rings is 2. The lowest BCUT2D eigenvalue weighted by Gasteiger charge is -2.29. The van der Waals surface area contributed by atoms with Gasteiger partial charge in [-0.25, -0.2) is 0 Å². The Kier molecular flexibility index (Phi) is 6.94. The average Bonchev–Trinajstić information content (AvgIpc) is 2.76. The van der Waals surface area contributed by atoms with Gasteiger partial charge in [0, 0.05) is 41.7 Å². The van der Waals surface area contributed by atoms with Crippen LogP contribution >= 0.6 is 23.4 Å². The van der Waals surface area contributed by atoms with Gasteiger partial charge in [-0.2, -0.15) is 0 Å². The molecule has 1 fully saturated rings. The van der Waals surface area contributed by atoms with Crippen LogP contribution in [0.3, 0.4) is 0 Å². The number of rotatable bonds is 6. The average molecular weight is 446 g/mol. The lowest BCUT2D eigenvalue weighted by molar-refractivity contribution is -0.116. The van der Waals surface area contributed by atoms with Crippen molar-refractivity contribution in [2.45, 2.75) is 11.4 Å². The van der Waals surface area contributed by atoms with Crippen molar-refractivity contribution in [3.63, 3.8) is 0 Å². The van der Waals surface area contributed by atoms with Crippen molar-refractivity contribution in [2.24, 2.45) is 0 Å². The number of halogens is 1. The maximum Gasteiger partial charge on any atom is 0.251 e. The maximum atomic E-state index is 12.7. The second-order valence-electron chi connectivity index (χ2n) is 7.29. The molecule has 0 spiro atoms. The third-order valence-electron chi connectivity index (χ3n) is 5.21. The van der Waals surface area contributed by atoms with Crippen LogP contribution in [0.4, 0.5) is 5.69 Å². The second kappa shape index (κ2) is 9.83. The first-order valence-corrected chi connectivity index (χ1v) is 11.4. The fraction of sp³-hybridized carbons (Fsp3) is 0.364. The number of anilines is 1. The molecule has 0 unspecified atom stereocenters. The van der Waals surface area contributed by atoms with Gasteiger partial charge in [-0.1, -0.05) is 23.7 Å². The third kappa shape index (κ3) is 5.16. The van der Waals surface area contributed by atoms with E-state index in [4.69, 9.17) is 16.3 Å². The summed E-state index contributed by atoms with van der Waals surface area (Å²) in [5, 5.41) is 3.63. The number of nitrogens with one attached hydrogen (secondary N) is 1. The number of carbonyl (C=O) groups excluding carboxylic acids is 2. The lowest BCUT2D eigenvalue weighted by atomic mass is 10.1. The maximum absolute atomic E-state index is 12.7. The highest BCUT2D eigenvalue weighted by molar-refractivity contribution is 8.00. The Morgan fingerprint density at radius 2 is 2.00 bits per heavy atom. The zero-order valence-electron chi connectivity index (χ0n) is 16.6. The van der Waals surface area contributed by atoms with Gasteiger partial charge >= 0.3 is 0 Å². The molecule has 0 bridgehead atoms. The van der Waals surface area contributed by atoms with E-state index in [9.17, 15) is 9.59 Å². The topological polar surface area (TPSA) is 61.9 Å². The molecule has 6 nitrogen and oxygen atoms in total. The molecule has 2 amide bonds. The zero-order valence-corrected chi connectivity index (χ0v) is 18.2. The van der Waals surface area contributed by atoms with Gasteiger partial charge < -0.3 is 15.0 Å². The Bertz CT molecular complexity index is 934. The molecule has 2 aliphatic rings. The fourth-order valence-electron chi connectivity index (χ4n) is 3.59. The number of nitrogens with zero attached hydrogens (tertiary/aromatic N) is 2. The summed E-state index contributed by atoms with van der Waals surface area (Å²) in [6.07, 6.45) is 0. The van der Waals surface area contributed by atoms with Crippen molar-refractivity contribution in [2.75, 3.05) is 50.0 Å². The van der Waals surface area contributed by atoms with Gasteiger partial charge in [0.15, 0.2) is 0 Å². The normalized spacial score (nSPS) is 17.0. The Morgan fingerprint density at radius 1 is 1.17 bits per heavy atom. The summed E-state index contributed by atoms with van der Waals surface area (Å²) in [5.41, 5.74) is 2.29. The van der Waals surface area contributed by atoms with Crippen molar-refractivity contribution in [3.8, 4) is 0 Å². The van der Waals surface area contributed by atoms with E-state index in [1.807, 2.05) is 42.5 Å². The number of hydrogen-bond donors (Lipinski definition) is 1. The summed E-state index contributed by atoms with van der Waals surface area (Å²) in [4.78, 5) is 30.3. The molecule has 0 aliphatic carbocycles. The highest BCUT2D eigenvalue weighted by Gasteiger charge is 2.26. The van der Waals surface area contributed by atoms with E-state index < -0.39 is 0 Å². The van der Waals surface area contributed by atoms with E-state index in [1.54, 1.807) is 4.90 Å². The first-order valence-electron chi connectivity index (χ1n) is 10.00. The SMILES string of the molecule is O=C(NCCN1CCOCC1)c1ccc2c(c1)N(Cc1cccc(Cl)c1)C(=O)CS2. The van der Waals surface area contributed by atoms with Crippen molar-refractivity contribution in [3.05, 3.63) is 58.6 Å². The smallest absolute Gasteiger partial charge is 0.251 e. The van der Waals surface area contributed by atoms with Crippen LogP contribution in [-0.2, 0) is 16.1 Å². The fourth-order valence-corrected chi connectivity index (χ4v) is 4.72. The van der Waals surface area contributed by atoms with E-state index in [-0.39, 0.29) is 11.8 Å². The van der Waals surface area contributed by atoms with E-state index in [0.717, 1.165) is 49.0 Å². The van der Waals surface area contributed by atoms with Crippen molar-refractivity contribution in [1.29, 1.82) is 0 Å². The summed E-state index contributed by atoms with van der Waals surface area (Å²) in [5.74, 6) is 0.285. The van der Waals surface area contributed by atoms with Crippen molar-refractivity contribution >= 4 is 40.9 Å². The highest BCUT2D eigenvalue weighted by Crippen LogP contribution is 2.37. The summed E-state index contributed by atoms with van der Waals surface area (Å²) >= 11 is 7.60. The van der Waals surface area contributed by atoms with Gasteiger partial charge in [-0.05, 0) is 35.9 Å². The van der Waals surface area contributed by atoms with Crippen LogP contribution in [0, 0.1) is 0 Å². The van der Waals surface area contributed by atoms with Gasteiger partial charge in [0.2, 0.25) is 5.91 Å². The number of ether oxygens (including phenoxy) is 1. The molecule has 8 heteroatoms. The standard InChI is InChI=1S/C22H24ClN3O3S/c23-18-3-1-2-16(12-18)14-26-19-13-17(4-5-20(19)30-15-21(26)27)22(28)24-6-7-25-8-10-29-11-9-25/h1-5,12-13H,6-11,14-15H2,(H,24,28). The first-order chi connectivity index (χ1) is 14.6. The van der Waals surface area contributed by atoms with E-state index in [0.29, 0.717) is 29.4 Å². The molecule has 0 atom stereocenters. The molecule has 4 rings (SSSR count). The quantitative estimate of drug-likeness (QED) is 0.740. The van der Waals surface area contributed by atoms with Gasteiger partial charge in [0.25, 0.3) is 5.91 Å². The third-order valence-corrected chi connectivity index (χ3v) is 6.49. The predicted octanol–water partition coefficient (Wildman–Crippen LogP) is 3.04. The van der Waals surface area contributed by atoms with Gasteiger partial charge in [0.1, 0.15) is 0 Å². The van der Waals surface area contributed by atoms with Gasteiger partial charge in [0.05, 0.1) is 31.2 Å². The number of amides is 2. The molecule has 1 N–H and O–H groups in total. The monoisotopic (exact) mass is 445 g/mol. The molecule has 0 aromatic heterocycles. The van der Waals surface area contributed by atoms with Crippen LogP contribution in [0.25, 0.3) is 0 Å². The largest absolute Gasteiger partial charge is 0.379 e. The van der Waals surface area contributed by atoms with Crippen LogP contribution in [-0.4, -0.2) is 61.9 Å². The van der Waals surface area contributed by atoms with E-state index >= 15 is 0 Å². The molecular weight excluding hydrogens is 422 g/mol. The first kappa shape index (κ1) is 21.2. The second-order valence-corrected chi connectivity index (χ2v) is 8.74. The lowest BCUT2D eigenvalue weighted by Crippen LogP contribution is -2.41. The number of fused-ring (bicyclic) bond motifs is 1. The molecule has 0 radical (unpaired) electrons. The van der Waals surface area contributed by atoms with Crippen LogP contribution in [0.5, 0.6) is 0 Å². The van der Waals surface area contributed by atoms with Crippen LogP contribution in [0.1, 0.15) is 15.9 Å². The minimum atomic E-state index is -0.128. The number of morpholine rings is 1. The number of carbonyl (C=O) groups is 2. The minimum Gasteiger partial charge on any atom is -0.379 e. The molecule has 2 aliphatic heterocycles. The Morgan fingerprint density at radius 3 is 2.80 bits per heavy atom. The van der Waals surface area contributed by atoms with E-state index in [1.165, 1.54) is 11.8 Å². The van der Waals surface area contributed by atoms with Gasteiger partial charge in [-0.15, -0.1) is 11.8 Å². The summed E-state index contributed by atoms with van der Waals surface area (Å²) < 4.78 is 5.35. The summed E-state index contributed by atoms with van der Waals surface area (Å²) in [7, 11) is 0. The van der Waals surface area contributed by atoms with Crippen molar-refractivity contribution in [1.82, 2.24) is 10.2 Å². The Balaban J connectivity index is 1.45. The van der Waals surface area contributed by atoms with Gasteiger partial charge in [-0.3, -0.25) is 14.5 Å². The number of hydrogen-bond acceptors (Lipinski definition) is 5. The van der Waals surface area contributed by atoms with Crippen LogP contribution in [0.15, 0.2) is 47.4 Å². The van der Waals surface area contributed by atoms with Crippen LogP contribution in [0.2, 0.25) is 5.02 Å². The molecule has 1 saturated heterocycles. The molecule has 2 aromatic rings. The molecule has 158 valence electrons. The zero-order chi connectivity index (χ0) is 20.9. The minimum absolute atomic E-state index is 0.0253. The summed E-state index contributed by atoms with van der Waals surface area (Å²) in [6, 6.07) is 13.1. The molecular formula is C22H24ClN3O3S. The molecule has 0 saturated carbocycles. The number of thioether (sulfide) groups is 1. The molecule has 2 heterocycles. The van der Waals surface area contributed by atoms with Crippen LogP contribution < -0.4 is 10.2 Å². The van der Waals surface area contributed by atoms with E-state index in [2.05, 4.69) is 10.2 Å². The highest BCUT2D eigenvalue weighted by atomic mass is 35.5. The molecule has 30 heavy (non-hydrogen) atoms.